The van der Waals surface area contributed by atoms with Gasteiger partial charge >= 0.3 is 0 Å². The summed E-state index contributed by atoms with van der Waals surface area (Å²) in [4.78, 5) is 24.1. The number of nitrogens with two attached hydrogens (primary N) is 1. The monoisotopic (exact) mass is 202 g/mol. The lowest BCUT2D eigenvalue weighted by molar-refractivity contribution is -0.139. The number of hydrogen-bond acceptors (Lipinski definition) is 3. The minimum Gasteiger partial charge on any atom is -0.368 e. The molecule has 1 aliphatic rings. The van der Waals surface area contributed by atoms with E-state index in [0.29, 0.717) is 11.6 Å². The molecule has 1 heterocycles. The molecule has 1 atom stereocenters. The number of amides is 2. The average molecular weight is 202 g/mol. The van der Waals surface area contributed by atoms with E-state index in [1.165, 1.54) is 0 Å². The Bertz CT molecular complexity index is 230. The van der Waals surface area contributed by atoms with E-state index in [2.05, 4.69) is 0 Å². The lowest BCUT2D eigenvalue weighted by Gasteiger charge is -2.22. The van der Waals surface area contributed by atoms with Crippen LogP contribution in [0, 0.1) is 5.92 Å². The maximum atomic E-state index is 11.6. The zero-order chi connectivity index (χ0) is 10.0. The number of hydrogen-bond donors (Lipinski definition) is 1. The molecule has 2 N–H and O–H groups in total. The van der Waals surface area contributed by atoms with Crippen LogP contribution >= 0.6 is 11.8 Å². The molecule has 1 saturated heterocycles. The Morgan fingerprint density at radius 1 is 1.54 bits per heavy atom. The average Bonchev–Trinajstić information content (AvgIpc) is 2.50. The van der Waals surface area contributed by atoms with Gasteiger partial charge in [-0.25, -0.2) is 0 Å². The number of primary amides is 1. The zero-order valence-electron chi connectivity index (χ0n) is 7.82. The standard InChI is InChI=1S/C8H14N2O2S/c1-5(2)8(12)10-4-13-3-6(10)7(9)11/h5-6H,3-4H2,1-2H3,(H2,9,11). The van der Waals surface area contributed by atoms with Gasteiger partial charge in [-0.1, -0.05) is 13.8 Å². The fourth-order valence-electron chi connectivity index (χ4n) is 1.23. The first-order valence-corrected chi connectivity index (χ1v) is 5.37. The van der Waals surface area contributed by atoms with Crippen LogP contribution in [0.4, 0.5) is 0 Å². The van der Waals surface area contributed by atoms with Crippen molar-refractivity contribution in [1.29, 1.82) is 0 Å². The Morgan fingerprint density at radius 2 is 2.15 bits per heavy atom. The quantitative estimate of drug-likeness (QED) is 0.687. The van der Waals surface area contributed by atoms with Gasteiger partial charge in [0.15, 0.2) is 0 Å². The summed E-state index contributed by atoms with van der Waals surface area (Å²) >= 11 is 1.57. The summed E-state index contributed by atoms with van der Waals surface area (Å²) < 4.78 is 0. The van der Waals surface area contributed by atoms with Gasteiger partial charge in [0.05, 0.1) is 5.88 Å². The van der Waals surface area contributed by atoms with Crippen molar-refractivity contribution >= 4 is 23.6 Å². The topological polar surface area (TPSA) is 63.4 Å². The minimum atomic E-state index is -0.404. The summed E-state index contributed by atoms with van der Waals surface area (Å²) in [5.41, 5.74) is 5.18. The second-order valence-corrected chi connectivity index (χ2v) is 4.38. The Kier molecular flexibility index (Phi) is 3.19. The molecule has 4 nitrogen and oxygen atoms in total. The molecule has 0 radical (unpaired) electrons. The van der Waals surface area contributed by atoms with Crippen molar-refractivity contribution < 1.29 is 9.59 Å². The molecule has 0 saturated carbocycles. The van der Waals surface area contributed by atoms with Crippen LogP contribution in [-0.2, 0) is 9.59 Å². The third-order valence-electron chi connectivity index (χ3n) is 1.99. The molecule has 74 valence electrons. The van der Waals surface area contributed by atoms with Gasteiger partial charge in [-0.15, -0.1) is 11.8 Å². The smallest absolute Gasteiger partial charge is 0.241 e. The largest absolute Gasteiger partial charge is 0.368 e. The first kappa shape index (κ1) is 10.4. The van der Waals surface area contributed by atoms with Crippen LogP contribution in [0.25, 0.3) is 0 Å². The maximum Gasteiger partial charge on any atom is 0.241 e. The number of rotatable bonds is 2. The molecule has 0 aliphatic carbocycles. The van der Waals surface area contributed by atoms with Crippen molar-refractivity contribution in [2.75, 3.05) is 11.6 Å². The van der Waals surface area contributed by atoms with Crippen molar-refractivity contribution in [3.05, 3.63) is 0 Å². The van der Waals surface area contributed by atoms with Crippen molar-refractivity contribution in [1.82, 2.24) is 4.90 Å². The number of nitrogens with zero attached hydrogens (tertiary/aromatic N) is 1. The summed E-state index contributed by atoms with van der Waals surface area (Å²) in [7, 11) is 0. The fourth-order valence-corrected chi connectivity index (χ4v) is 2.40. The molecule has 2 amide bonds. The van der Waals surface area contributed by atoms with Crippen LogP contribution in [0.1, 0.15) is 13.8 Å². The minimum absolute atomic E-state index is 0.00815. The molecule has 1 rings (SSSR count). The van der Waals surface area contributed by atoms with Crippen LogP contribution in [0.3, 0.4) is 0 Å². The second-order valence-electron chi connectivity index (χ2n) is 3.38. The highest BCUT2D eigenvalue weighted by molar-refractivity contribution is 7.99. The molecule has 1 fully saturated rings. The number of carbonyl (C=O) groups is 2. The Labute approximate surface area is 81.8 Å². The van der Waals surface area contributed by atoms with Crippen molar-refractivity contribution in [3.63, 3.8) is 0 Å². The summed E-state index contributed by atoms with van der Waals surface area (Å²) in [6.45, 7) is 3.65. The summed E-state index contributed by atoms with van der Waals surface area (Å²) in [5, 5.41) is 0. The third kappa shape index (κ3) is 2.15. The van der Waals surface area contributed by atoms with E-state index < -0.39 is 11.9 Å². The van der Waals surface area contributed by atoms with E-state index >= 15 is 0 Å². The van der Waals surface area contributed by atoms with Crippen LogP contribution < -0.4 is 5.73 Å². The molecule has 0 spiro atoms. The molecule has 0 bridgehead atoms. The molecule has 0 aromatic carbocycles. The van der Waals surface area contributed by atoms with Gasteiger partial charge in [-0.2, -0.15) is 0 Å². The Balaban J connectivity index is 2.68. The molecular weight excluding hydrogens is 188 g/mol. The van der Waals surface area contributed by atoms with Crippen molar-refractivity contribution in [3.8, 4) is 0 Å². The van der Waals surface area contributed by atoms with Crippen LogP contribution in [0.2, 0.25) is 0 Å². The van der Waals surface area contributed by atoms with E-state index in [1.54, 1.807) is 16.7 Å². The van der Waals surface area contributed by atoms with E-state index in [1.807, 2.05) is 13.8 Å². The van der Waals surface area contributed by atoms with Crippen LogP contribution in [0.5, 0.6) is 0 Å². The highest BCUT2D eigenvalue weighted by Crippen LogP contribution is 2.22. The predicted molar refractivity (Wildman–Crippen MR) is 52.0 cm³/mol. The number of carbonyl (C=O) groups excluding carboxylic acids is 2. The van der Waals surface area contributed by atoms with Gasteiger partial charge in [0.25, 0.3) is 0 Å². The van der Waals surface area contributed by atoms with E-state index in [4.69, 9.17) is 5.73 Å². The van der Waals surface area contributed by atoms with Gasteiger partial charge in [-0.05, 0) is 0 Å². The third-order valence-corrected chi connectivity index (χ3v) is 3.00. The highest BCUT2D eigenvalue weighted by Gasteiger charge is 2.33. The van der Waals surface area contributed by atoms with Crippen molar-refractivity contribution in [2.45, 2.75) is 19.9 Å². The molecule has 0 aromatic rings. The molecule has 13 heavy (non-hydrogen) atoms. The fraction of sp³-hybridized carbons (Fsp3) is 0.750. The van der Waals surface area contributed by atoms with Crippen LogP contribution in [-0.4, -0.2) is 34.4 Å². The molecular formula is C8H14N2O2S. The summed E-state index contributed by atoms with van der Waals surface area (Å²) in [6, 6.07) is -0.403. The van der Waals surface area contributed by atoms with Crippen molar-refractivity contribution in [2.24, 2.45) is 11.7 Å². The highest BCUT2D eigenvalue weighted by atomic mass is 32.2. The number of thioether (sulfide) groups is 1. The van der Waals surface area contributed by atoms with Gasteiger partial charge < -0.3 is 10.6 Å². The first-order valence-electron chi connectivity index (χ1n) is 4.21. The molecule has 1 aliphatic heterocycles. The lowest BCUT2D eigenvalue weighted by Crippen LogP contribution is -2.46. The van der Waals surface area contributed by atoms with Gasteiger partial charge in [0.1, 0.15) is 6.04 Å². The van der Waals surface area contributed by atoms with E-state index in [-0.39, 0.29) is 11.8 Å². The lowest BCUT2D eigenvalue weighted by atomic mass is 10.1. The Hall–Kier alpha value is -0.710. The summed E-state index contributed by atoms with van der Waals surface area (Å²) in [6.07, 6.45) is 0. The van der Waals surface area contributed by atoms with Gasteiger partial charge in [0.2, 0.25) is 11.8 Å². The molecule has 5 heteroatoms. The maximum absolute atomic E-state index is 11.6. The summed E-state index contributed by atoms with van der Waals surface area (Å²) in [5.74, 6) is 0.756. The first-order chi connectivity index (χ1) is 6.04. The van der Waals surface area contributed by atoms with Gasteiger partial charge in [0, 0.05) is 11.7 Å². The van der Waals surface area contributed by atoms with E-state index in [9.17, 15) is 9.59 Å². The zero-order valence-corrected chi connectivity index (χ0v) is 8.63. The van der Waals surface area contributed by atoms with Crippen LogP contribution in [0.15, 0.2) is 0 Å². The normalized spacial score (nSPS) is 22.4. The van der Waals surface area contributed by atoms with Gasteiger partial charge in [-0.3, -0.25) is 9.59 Å². The SMILES string of the molecule is CC(C)C(=O)N1CSCC1C(N)=O. The Morgan fingerprint density at radius 3 is 2.62 bits per heavy atom. The van der Waals surface area contributed by atoms with E-state index in [0.717, 1.165) is 0 Å². The predicted octanol–water partition coefficient (Wildman–Crippen LogP) is 0.0292. The molecule has 0 aromatic heterocycles. The second kappa shape index (κ2) is 4.00. The molecule has 1 unspecified atom stereocenters.